The molecule has 6 nitrogen and oxygen atoms in total. The summed E-state index contributed by atoms with van der Waals surface area (Å²) in [6.07, 6.45) is 0.785. The maximum Gasteiger partial charge on any atom is 0.245 e. The van der Waals surface area contributed by atoms with Gasteiger partial charge < -0.3 is 25.8 Å². The highest BCUT2D eigenvalue weighted by molar-refractivity contribution is 7.80. The monoisotopic (exact) mass is 343 g/mol. The first kappa shape index (κ1) is 17.4. The van der Waals surface area contributed by atoms with E-state index < -0.39 is 5.66 Å². The molecule has 2 saturated heterocycles. The molecule has 0 aliphatic carbocycles. The minimum atomic E-state index is -0.485. The quantitative estimate of drug-likeness (QED) is 0.641. The molecule has 2 heterocycles. The molecule has 124 valence electrons. The summed E-state index contributed by atoms with van der Waals surface area (Å²) >= 11 is 11.0. The second-order valence-corrected chi connectivity index (χ2v) is 6.92. The average Bonchev–Trinajstić information content (AvgIpc) is 2.77. The van der Waals surface area contributed by atoms with E-state index in [-0.39, 0.29) is 18.0 Å². The highest BCUT2D eigenvalue weighted by atomic mass is 32.1. The van der Waals surface area contributed by atoms with E-state index >= 15 is 0 Å². The van der Waals surface area contributed by atoms with Gasteiger partial charge in [0.25, 0.3) is 0 Å². The zero-order valence-corrected chi connectivity index (χ0v) is 15.3. The second-order valence-electron chi connectivity index (χ2n) is 6.15. The Morgan fingerprint density at radius 1 is 1.41 bits per heavy atom. The Labute approximate surface area is 143 Å². The molecule has 2 fully saturated rings. The maximum absolute atomic E-state index is 11.9. The molecule has 1 amide bonds. The van der Waals surface area contributed by atoms with Crippen LogP contribution in [0, 0.1) is 0 Å². The lowest BCUT2D eigenvalue weighted by Gasteiger charge is -2.61. The average molecular weight is 344 g/mol. The molecule has 1 atom stereocenters. The Hall–Kier alpha value is -0.990. The number of nitrogens with one attached hydrogen (secondary N) is 3. The Morgan fingerprint density at radius 3 is 2.59 bits per heavy atom. The molecular formula is C14H25N5OS2. The minimum absolute atomic E-state index is 0.0616. The van der Waals surface area contributed by atoms with Gasteiger partial charge in [0, 0.05) is 19.6 Å². The smallest absolute Gasteiger partial charge is 0.245 e. The molecule has 0 saturated carbocycles. The van der Waals surface area contributed by atoms with E-state index in [4.69, 9.17) is 24.4 Å². The van der Waals surface area contributed by atoms with Gasteiger partial charge in [-0.15, -0.1) is 0 Å². The van der Waals surface area contributed by atoms with Gasteiger partial charge in [0.15, 0.2) is 10.2 Å². The SMILES string of the molecule is CCNC(=S)N1CCNC(C)(C)C1(CC)N1CC(=O)NC1=S. The van der Waals surface area contributed by atoms with Crippen LogP contribution in [-0.4, -0.2) is 63.3 Å². The predicted molar refractivity (Wildman–Crippen MR) is 95.5 cm³/mol. The zero-order valence-electron chi connectivity index (χ0n) is 13.7. The first-order valence-electron chi connectivity index (χ1n) is 7.72. The Morgan fingerprint density at radius 2 is 2.09 bits per heavy atom. The predicted octanol–water partition coefficient (Wildman–Crippen LogP) is 0.388. The molecule has 0 spiro atoms. The fourth-order valence-corrected chi connectivity index (χ4v) is 4.42. The lowest BCUT2D eigenvalue weighted by Crippen LogP contribution is -2.80. The third kappa shape index (κ3) is 2.57. The summed E-state index contributed by atoms with van der Waals surface area (Å²) in [6, 6.07) is 0. The summed E-state index contributed by atoms with van der Waals surface area (Å²) in [5.74, 6) is -0.0616. The summed E-state index contributed by atoms with van der Waals surface area (Å²) in [5.41, 5.74) is -0.767. The molecular weight excluding hydrogens is 318 g/mol. The zero-order chi connectivity index (χ0) is 16.5. The highest BCUT2D eigenvalue weighted by Gasteiger charge is 2.57. The lowest BCUT2D eigenvalue weighted by molar-refractivity contribution is -0.121. The fraction of sp³-hybridized carbons (Fsp3) is 0.786. The van der Waals surface area contributed by atoms with Gasteiger partial charge in [-0.1, -0.05) is 6.92 Å². The topological polar surface area (TPSA) is 59.6 Å². The molecule has 0 radical (unpaired) electrons. The van der Waals surface area contributed by atoms with Crippen molar-refractivity contribution in [2.75, 3.05) is 26.2 Å². The standard InChI is InChI=1S/C14H25N5OS2/c1-5-14(19-9-10(20)17-12(19)22)13(3,4)16-7-8-18(14)11(21)15-6-2/h16H,5-9H2,1-4H3,(H,15,21)(H,17,20,22). The van der Waals surface area contributed by atoms with Gasteiger partial charge in [-0.25, -0.2) is 0 Å². The van der Waals surface area contributed by atoms with Gasteiger partial charge in [0.2, 0.25) is 5.91 Å². The summed E-state index contributed by atoms with van der Waals surface area (Å²) < 4.78 is 0. The van der Waals surface area contributed by atoms with Crippen LogP contribution in [0.2, 0.25) is 0 Å². The van der Waals surface area contributed by atoms with E-state index in [9.17, 15) is 4.79 Å². The number of carbonyl (C=O) groups excluding carboxylic acids is 1. The number of carbonyl (C=O) groups is 1. The van der Waals surface area contributed by atoms with Crippen molar-refractivity contribution in [3.05, 3.63) is 0 Å². The normalized spacial score (nSPS) is 27.8. The molecule has 2 rings (SSSR count). The number of thiocarbonyl (C=S) groups is 2. The van der Waals surface area contributed by atoms with Gasteiger partial charge in [0.1, 0.15) is 12.2 Å². The highest BCUT2D eigenvalue weighted by Crippen LogP contribution is 2.39. The minimum Gasteiger partial charge on any atom is -0.363 e. The van der Waals surface area contributed by atoms with Gasteiger partial charge in [0.05, 0.1) is 5.54 Å². The van der Waals surface area contributed by atoms with Crippen LogP contribution < -0.4 is 16.0 Å². The lowest BCUT2D eigenvalue weighted by atomic mass is 9.80. The molecule has 3 N–H and O–H groups in total. The van der Waals surface area contributed by atoms with Crippen molar-refractivity contribution >= 4 is 40.6 Å². The van der Waals surface area contributed by atoms with Crippen LogP contribution >= 0.6 is 24.4 Å². The number of nitrogens with zero attached hydrogens (tertiary/aromatic N) is 2. The molecule has 8 heteroatoms. The summed E-state index contributed by atoms with van der Waals surface area (Å²) in [6.45, 7) is 11.1. The Bertz CT molecular complexity index is 496. The van der Waals surface area contributed by atoms with Crippen LogP contribution in [0.3, 0.4) is 0 Å². The summed E-state index contributed by atoms with van der Waals surface area (Å²) in [7, 11) is 0. The van der Waals surface area contributed by atoms with Crippen molar-refractivity contribution in [3.8, 4) is 0 Å². The molecule has 0 aromatic rings. The molecule has 0 aromatic carbocycles. The van der Waals surface area contributed by atoms with Crippen LogP contribution in [0.15, 0.2) is 0 Å². The van der Waals surface area contributed by atoms with E-state index in [1.807, 2.05) is 11.8 Å². The first-order valence-corrected chi connectivity index (χ1v) is 8.53. The number of amides is 1. The molecule has 22 heavy (non-hydrogen) atoms. The fourth-order valence-electron chi connectivity index (χ4n) is 3.71. The first-order chi connectivity index (χ1) is 10.3. The number of hydrogen-bond acceptors (Lipinski definition) is 4. The van der Waals surface area contributed by atoms with Crippen molar-refractivity contribution in [1.29, 1.82) is 0 Å². The summed E-state index contributed by atoms with van der Waals surface area (Å²) in [4.78, 5) is 16.0. The van der Waals surface area contributed by atoms with Crippen molar-refractivity contribution in [3.63, 3.8) is 0 Å². The van der Waals surface area contributed by atoms with Crippen molar-refractivity contribution < 1.29 is 4.79 Å². The van der Waals surface area contributed by atoms with Gasteiger partial charge in [-0.2, -0.15) is 0 Å². The molecule has 0 aromatic heterocycles. The van der Waals surface area contributed by atoms with Gasteiger partial charge in [-0.05, 0) is 51.6 Å². The van der Waals surface area contributed by atoms with E-state index in [2.05, 4.69) is 41.6 Å². The van der Waals surface area contributed by atoms with E-state index in [0.29, 0.717) is 10.2 Å². The van der Waals surface area contributed by atoms with Crippen molar-refractivity contribution in [2.24, 2.45) is 0 Å². The van der Waals surface area contributed by atoms with Crippen LogP contribution in [0.5, 0.6) is 0 Å². The number of hydrogen-bond donors (Lipinski definition) is 3. The molecule has 2 aliphatic heterocycles. The number of rotatable bonds is 3. The van der Waals surface area contributed by atoms with Crippen LogP contribution in [0.4, 0.5) is 0 Å². The number of piperazine rings is 1. The van der Waals surface area contributed by atoms with Crippen LogP contribution in [0.25, 0.3) is 0 Å². The molecule has 0 bridgehead atoms. The van der Waals surface area contributed by atoms with Crippen molar-refractivity contribution in [2.45, 2.75) is 45.3 Å². The van der Waals surface area contributed by atoms with Crippen LogP contribution in [-0.2, 0) is 4.79 Å². The Kier molecular flexibility index (Phi) is 4.93. The van der Waals surface area contributed by atoms with E-state index in [0.717, 1.165) is 26.1 Å². The van der Waals surface area contributed by atoms with Gasteiger partial charge in [-0.3, -0.25) is 4.79 Å². The van der Waals surface area contributed by atoms with Gasteiger partial charge >= 0.3 is 0 Å². The Balaban J connectivity index is 2.50. The summed E-state index contributed by atoms with van der Waals surface area (Å²) in [5, 5.41) is 10.8. The van der Waals surface area contributed by atoms with Crippen LogP contribution in [0.1, 0.15) is 34.1 Å². The molecule has 1 unspecified atom stereocenters. The van der Waals surface area contributed by atoms with Crippen molar-refractivity contribution in [1.82, 2.24) is 25.8 Å². The third-order valence-corrected chi connectivity index (χ3v) is 5.34. The second kappa shape index (κ2) is 6.25. The van der Waals surface area contributed by atoms with E-state index in [1.165, 1.54) is 0 Å². The largest absolute Gasteiger partial charge is 0.363 e. The maximum atomic E-state index is 11.9. The third-order valence-electron chi connectivity index (χ3n) is 4.66. The molecule has 2 aliphatic rings. The van der Waals surface area contributed by atoms with E-state index in [1.54, 1.807) is 0 Å².